The van der Waals surface area contributed by atoms with Gasteiger partial charge in [0.25, 0.3) is 5.91 Å². The first kappa shape index (κ1) is 11.9. The fourth-order valence-corrected chi connectivity index (χ4v) is 1.76. The van der Waals surface area contributed by atoms with E-state index in [9.17, 15) is 4.79 Å². The summed E-state index contributed by atoms with van der Waals surface area (Å²) in [6.07, 6.45) is 0. The first-order chi connectivity index (χ1) is 8.27. The summed E-state index contributed by atoms with van der Waals surface area (Å²) in [6, 6.07) is 7.70. The molecule has 1 aliphatic rings. The van der Waals surface area contributed by atoms with Crippen molar-refractivity contribution in [1.82, 2.24) is 4.90 Å². The predicted molar refractivity (Wildman–Crippen MR) is 64.1 cm³/mol. The molecule has 0 saturated carbocycles. The van der Waals surface area contributed by atoms with Crippen LogP contribution in [-0.2, 0) is 9.53 Å². The van der Waals surface area contributed by atoms with Crippen LogP contribution in [-0.4, -0.2) is 43.7 Å². The fourth-order valence-electron chi connectivity index (χ4n) is 1.76. The Hall–Kier alpha value is -1.55. The van der Waals surface area contributed by atoms with E-state index in [0.717, 1.165) is 11.3 Å². The summed E-state index contributed by atoms with van der Waals surface area (Å²) in [6.45, 7) is 4.64. The molecule has 0 radical (unpaired) electrons. The Bertz CT molecular complexity index is 386. The van der Waals surface area contributed by atoms with Crippen LogP contribution in [0.1, 0.15) is 5.56 Å². The van der Waals surface area contributed by atoms with Gasteiger partial charge in [0, 0.05) is 13.1 Å². The number of rotatable bonds is 3. The minimum Gasteiger partial charge on any atom is -0.484 e. The standard InChI is InChI=1S/C13H17NO3/c1-11-4-2-3-5-12(11)17-10-13(15)14-6-8-16-9-7-14/h2-5H,6-10H2,1H3. The smallest absolute Gasteiger partial charge is 0.260 e. The summed E-state index contributed by atoms with van der Waals surface area (Å²) >= 11 is 0. The first-order valence-electron chi connectivity index (χ1n) is 5.81. The summed E-state index contributed by atoms with van der Waals surface area (Å²) in [5, 5.41) is 0. The molecule has 1 aliphatic heterocycles. The Balaban J connectivity index is 1.85. The molecule has 4 heteroatoms. The maximum atomic E-state index is 11.8. The zero-order chi connectivity index (χ0) is 12.1. The molecule has 2 rings (SSSR count). The maximum absolute atomic E-state index is 11.8. The number of carbonyl (C=O) groups excluding carboxylic acids is 1. The molecule has 0 bridgehead atoms. The molecule has 0 atom stereocenters. The average molecular weight is 235 g/mol. The van der Waals surface area contributed by atoms with Gasteiger partial charge in [-0.15, -0.1) is 0 Å². The van der Waals surface area contributed by atoms with Crippen molar-refractivity contribution in [2.75, 3.05) is 32.9 Å². The van der Waals surface area contributed by atoms with Crippen LogP contribution < -0.4 is 4.74 Å². The van der Waals surface area contributed by atoms with Crippen LogP contribution in [0.2, 0.25) is 0 Å². The van der Waals surface area contributed by atoms with E-state index < -0.39 is 0 Å². The number of ether oxygens (including phenoxy) is 2. The van der Waals surface area contributed by atoms with Crippen molar-refractivity contribution in [1.29, 1.82) is 0 Å². The van der Waals surface area contributed by atoms with Crippen molar-refractivity contribution in [2.45, 2.75) is 6.92 Å². The van der Waals surface area contributed by atoms with E-state index in [2.05, 4.69) is 0 Å². The quantitative estimate of drug-likeness (QED) is 0.791. The molecule has 92 valence electrons. The molecule has 0 aromatic heterocycles. The summed E-state index contributed by atoms with van der Waals surface area (Å²) in [4.78, 5) is 13.6. The maximum Gasteiger partial charge on any atom is 0.260 e. The van der Waals surface area contributed by atoms with Crippen LogP contribution in [0.4, 0.5) is 0 Å². The highest BCUT2D eigenvalue weighted by atomic mass is 16.5. The molecule has 0 unspecified atom stereocenters. The molecule has 4 nitrogen and oxygen atoms in total. The van der Waals surface area contributed by atoms with Crippen LogP contribution in [0.3, 0.4) is 0 Å². The number of nitrogens with zero attached hydrogens (tertiary/aromatic N) is 1. The van der Waals surface area contributed by atoms with Gasteiger partial charge in [0.1, 0.15) is 5.75 Å². The molecule has 1 heterocycles. The lowest BCUT2D eigenvalue weighted by Gasteiger charge is -2.26. The highest BCUT2D eigenvalue weighted by molar-refractivity contribution is 5.77. The number of hydrogen-bond donors (Lipinski definition) is 0. The number of aryl methyl sites for hydroxylation is 1. The monoisotopic (exact) mass is 235 g/mol. The molecule has 0 spiro atoms. The summed E-state index contributed by atoms with van der Waals surface area (Å²) in [5.74, 6) is 0.797. The van der Waals surface area contributed by atoms with Crippen LogP contribution in [0.25, 0.3) is 0 Å². The van der Waals surface area contributed by atoms with E-state index in [1.165, 1.54) is 0 Å². The van der Waals surface area contributed by atoms with E-state index in [1.807, 2.05) is 31.2 Å². The third-order valence-electron chi connectivity index (χ3n) is 2.81. The van der Waals surface area contributed by atoms with Crippen LogP contribution >= 0.6 is 0 Å². The van der Waals surface area contributed by atoms with Gasteiger partial charge < -0.3 is 14.4 Å². The molecule has 1 aromatic carbocycles. The number of amides is 1. The largest absolute Gasteiger partial charge is 0.484 e. The Morgan fingerprint density at radius 2 is 2.06 bits per heavy atom. The zero-order valence-electron chi connectivity index (χ0n) is 10.0. The van der Waals surface area contributed by atoms with Crippen molar-refractivity contribution >= 4 is 5.91 Å². The SMILES string of the molecule is Cc1ccccc1OCC(=O)N1CCOCC1. The van der Waals surface area contributed by atoms with Crippen molar-refractivity contribution in [3.63, 3.8) is 0 Å². The lowest BCUT2D eigenvalue weighted by atomic mass is 10.2. The van der Waals surface area contributed by atoms with E-state index in [-0.39, 0.29) is 12.5 Å². The Morgan fingerprint density at radius 1 is 1.35 bits per heavy atom. The van der Waals surface area contributed by atoms with Crippen LogP contribution in [0.5, 0.6) is 5.75 Å². The molecule has 17 heavy (non-hydrogen) atoms. The Labute approximate surface area is 101 Å². The second-order valence-electron chi connectivity index (χ2n) is 4.05. The summed E-state index contributed by atoms with van der Waals surface area (Å²) in [5.41, 5.74) is 1.04. The molecule has 1 saturated heterocycles. The van der Waals surface area contributed by atoms with Crippen molar-refractivity contribution in [3.8, 4) is 5.75 Å². The topological polar surface area (TPSA) is 38.8 Å². The number of para-hydroxylation sites is 1. The minimum absolute atomic E-state index is 0.0246. The first-order valence-corrected chi connectivity index (χ1v) is 5.81. The molecule has 0 aliphatic carbocycles. The summed E-state index contributed by atoms with van der Waals surface area (Å²) < 4.78 is 10.7. The molecular formula is C13H17NO3. The van der Waals surface area contributed by atoms with E-state index in [1.54, 1.807) is 4.90 Å². The lowest BCUT2D eigenvalue weighted by Crippen LogP contribution is -2.43. The third-order valence-corrected chi connectivity index (χ3v) is 2.81. The van der Waals surface area contributed by atoms with Crippen molar-refractivity contribution in [2.24, 2.45) is 0 Å². The highest BCUT2D eigenvalue weighted by Crippen LogP contribution is 2.16. The molecule has 1 aromatic rings. The Kier molecular flexibility index (Phi) is 3.98. The second-order valence-corrected chi connectivity index (χ2v) is 4.05. The van der Waals surface area contributed by atoms with Gasteiger partial charge in [-0.2, -0.15) is 0 Å². The predicted octanol–water partition coefficient (Wildman–Crippen LogP) is 1.23. The highest BCUT2D eigenvalue weighted by Gasteiger charge is 2.17. The zero-order valence-corrected chi connectivity index (χ0v) is 10.0. The van der Waals surface area contributed by atoms with Gasteiger partial charge in [0.05, 0.1) is 13.2 Å². The van der Waals surface area contributed by atoms with Crippen molar-refractivity contribution in [3.05, 3.63) is 29.8 Å². The lowest BCUT2D eigenvalue weighted by molar-refractivity contribution is -0.137. The van der Waals surface area contributed by atoms with Gasteiger partial charge in [0.15, 0.2) is 6.61 Å². The second kappa shape index (κ2) is 5.68. The Morgan fingerprint density at radius 3 is 2.76 bits per heavy atom. The van der Waals surface area contributed by atoms with Gasteiger partial charge in [-0.05, 0) is 18.6 Å². The molecule has 1 amide bonds. The van der Waals surface area contributed by atoms with Crippen LogP contribution in [0, 0.1) is 6.92 Å². The van der Waals surface area contributed by atoms with Crippen molar-refractivity contribution < 1.29 is 14.3 Å². The van der Waals surface area contributed by atoms with Gasteiger partial charge in [-0.1, -0.05) is 18.2 Å². The van der Waals surface area contributed by atoms with Crippen LogP contribution in [0.15, 0.2) is 24.3 Å². The minimum atomic E-state index is 0.0246. The number of benzene rings is 1. The van der Waals surface area contributed by atoms with Gasteiger partial charge in [-0.25, -0.2) is 0 Å². The summed E-state index contributed by atoms with van der Waals surface area (Å²) in [7, 11) is 0. The molecular weight excluding hydrogens is 218 g/mol. The number of morpholine rings is 1. The normalized spacial score (nSPS) is 15.7. The van der Waals surface area contributed by atoms with E-state index in [0.29, 0.717) is 26.3 Å². The molecule has 0 N–H and O–H groups in total. The third kappa shape index (κ3) is 3.20. The number of hydrogen-bond acceptors (Lipinski definition) is 3. The molecule has 1 fully saturated rings. The fraction of sp³-hybridized carbons (Fsp3) is 0.462. The van der Waals surface area contributed by atoms with Gasteiger partial charge >= 0.3 is 0 Å². The van der Waals surface area contributed by atoms with E-state index in [4.69, 9.17) is 9.47 Å². The van der Waals surface area contributed by atoms with Gasteiger partial charge in [-0.3, -0.25) is 4.79 Å². The van der Waals surface area contributed by atoms with E-state index >= 15 is 0 Å². The average Bonchev–Trinajstić information content (AvgIpc) is 2.38. The van der Waals surface area contributed by atoms with Gasteiger partial charge in [0.2, 0.25) is 0 Å². The number of carbonyl (C=O) groups is 1.